The van der Waals surface area contributed by atoms with Crippen LogP contribution in [0.15, 0.2) is 12.4 Å². The van der Waals surface area contributed by atoms with E-state index in [9.17, 15) is 4.79 Å². The molecule has 0 spiro atoms. The number of nitrogens with zero attached hydrogens (tertiary/aromatic N) is 3. The number of anilines is 1. The fourth-order valence-corrected chi connectivity index (χ4v) is 2.39. The Morgan fingerprint density at radius 1 is 1.53 bits per heavy atom. The molecule has 2 unspecified atom stereocenters. The van der Waals surface area contributed by atoms with Gasteiger partial charge in [0, 0.05) is 18.7 Å². The molecule has 0 saturated carbocycles. The van der Waals surface area contributed by atoms with Gasteiger partial charge in [-0.3, -0.25) is 4.79 Å². The minimum absolute atomic E-state index is 0.0468. The Bertz CT molecular complexity index is 464. The summed E-state index contributed by atoms with van der Waals surface area (Å²) in [4.78, 5) is 21.4. The lowest BCUT2D eigenvalue weighted by atomic mass is 10.0. The van der Waals surface area contributed by atoms with Crippen LogP contribution in [0, 0.1) is 5.92 Å². The number of rotatable bonds is 4. The Labute approximate surface area is 112 Å². The largest absolute Gasteiger partial charge is 0.481 e. The maximum absolute atomic E-state index is 11.1. The molecule has 2 heterocycles. The van der Waals surface area contributed by atoms with Gasteiger partial charge in [-0.1, -0.05) is 0 Å². The Balaban J connectivity index is 2.16. The smallest absolute Gasteiger partial charge is 0.308 e. The predicted octanol–water partition coefficient (Wildman–Crippen LogP) is 1.56. The van der Waals surface area contributed by atoms with E-state index in [0.717, 1.165) is 5.82 Å². The molecule has 1 fully saturated rings. The normalized spacial score (nSPS) is 22.8. The lowest BCUT2D eigenvalue weighted by Gasteiger charge is -2.24. The molecular weight excluding hydrogens is 246 g/mol. The molecular formula is C13H19N3O3. The van der Waals surface area contributed by atoms with Crippen molar-refractivity contribution >= 4 is 11.8 Å². The Hall–Kier alpha value is -1.85. The van der Waals surface area contributed by atoms with Gasteiger partial charge in [-0.25, -0.2) is 9.97 Å². The summed E-state index contributed by atoms with van der Waals surface area (Å²) in [6, 6.07) is 1.69. The van der Waals surface area contributed by atoms with E-state index in [2.05, 4.69) is 9.97 Å². The number of ether oxygens (including phenoxy) is 1. The molecule has 1 saturated heterocycles. The van der Waals surface area contributed by atoms with Crippen molar-refractivity contribution in [3.05, 3.63) is 12.4 Å². The average molecular weight is 265 g/mol. The van der Waals surface area contributed by atoms with E-state index in [-0.39, 0.29) is 18.1 Å². The monoisotopic (exact) mass is 265 g/mol. The molecule has 1 aliphatic heterocycles. The number of aromatic nitrogens is 2. The number of aliphatic carboxylic acids is 1. The highest BCUT2D eigenvalue weighted by molar-refractivity contribution is 5.72. The van der Waals surface area contributed by atoms with Crippen molar-refractivity contribution < 1.29 is 14.6 Å². The third kappa shape index (κ3) is 2.94. The summed E-state index contributed by atoms with van der Waals surface area (Å²) >= 11 is 0. The third-order valence-electron chi connectivity index (χ3n) is 3.35. The second-order valence-electron chi connectivity index (χ2n) is 5.05. The van der Waals surface area contributed by atoms with Crippen LogP contribution in [0.25, 0.3) is 0 Å². The fraction of sp³-hybridized carbons (Fsp3) is 0.615. The molecule has 0 aliphatic carbocycles. The minimum Gasteiger partial charge on any atom is -0.481 e. The summed E-state index contributed by atoms with van der Waals surface area (Å²) < 4.78 is 5.53. The summed E-state index contributed by atoms with van der Waals surface area (Å²) in [6.07, 6.45) is 2.14. The number of carbonyl (C=O) groups is 1. The lowest BCUT2D eigenvalue weighted by Crippen LogP contribution is -2.33. The van der Waals surface area contributed by atoms with Crippen LogP contribution in [-0.4, -0.2) is 39.7 Å². The number of hydrogen-bond acceptors (Lipinski definition) is 5. The zero-order valence-corrected chi connectivity index (χ0v) is 11.4. The van der Waals surface area contributed by atoms with Gasteiger partial charge in [-0.2, -0.15) is 0 Å². The minimum atomic E-state index is -0.747. The standard InChI is InChI=1S/C13H19N3O3/c1-8(2)19-12-6-11(14-7-15-12)16-5-4-10(9(16)3)13(17)18/h6-10H,4-5H2,1-3H3,(H,17,18). The highest BCUT2D eigenvalue weighted by Crippen LogP contribution is 2.29. The first kappa shape index (κ1) is 13.6. The lowest BCUT2D eigenvalue weighted by molar-refractivity contribution is -0.141. The van der Waals surface area contributed by atoms with E-state index >= 15 is 0 Å². The first-order chi connectivity index (χ1) is 8.99. The topological polar surface area (TPSA) is 75.5 Å². The molecule has 0 aromatic carbocycles. The zero-order valence-electron chi connectivity index (χ0n) is 11.4. The van der Waals surface area contributed by atoms with Crippen molar-refractivity contribution in [2.75, 3.05) is 11.4 Å². The summed E-state index contributed by atoms with van der Waals surface area (Å²) in [7, 11) is 0. The van der Waals surface area contributed by atoms with E-state index in [4.69, 9.17) is 9.84 Å². The van der Waals surface area contributed by atoms with E-state index in [0.29, 0.717) is 18.8 Å². The molecule has 104 valence electrons. The molecule has 19 heavy (non-hydrogen) atoms. The fourth-order valence-electron chi connectivity index (χ4n) is 2.39. The van der Waals surface area contributed by atoms with Crippen LogP contribution in [0.2, 0.25) is 0 Å². The van der Waals surface area contributed by atoms with E-state index in [1.165, 1.54) is 6.33 Å². The molecule has 0 amide bonds. The molecule has 6 heteroatoms. The summed E-state index contributed by atoms with van der Waals surface area (Å²) in [5.41, 5.74) is 0. The van der Waals surface area contributed by atoms with Gasteiger partial charge in [0.05, 0.1) is 12.0 Å². The molecule has 1 aromatic heterocycles. The van der Waals surface area contributed by atoms with E-state index < -0.39 is 5.97 Å². The van der Waals surface area contributed by atoms with Crippen LogP contribution in [0.1, 0.15) is 27.2 Å². The van der Waals surface area contributed by atoms with Gasteiger partial charge in [0.1, 0.15) is 12.1 Å². The van der Waals surface area contributed by atoms with Gasteiger partial charge in [-0.05, 0) is 27.2 Å². The van der Waals surface area contributed by atoms with Crippen LogP contribution >= 0.6 is 0 Å². The number of carboxylic acid groups (broad SMARTS) is 1. The Morgan fingerprint density at radius 2 is 2.26 bits per heavy atom. The van der Waals surface area contributed by atoms with Crippen LogP contribution in [0.3, 0.4) is 0 Å². The second kappa shape index (κ2) is 5.42. The average Bonchev–Trinajstić information content (AvgIpc) is 2.70. The molecule has 1 aromatic rings. The van der Waals surface area contributed by atoms with E-state index in [1.54, 1.807) is 6.07 Å². The van der Waals surface area contributed by atoms with Gasteiger partial charge in [0.15, 0.2) is 0 Å². The van der Waals surface area contributed by atoms with Crippen LogP contribution < -0.4 is 9.64 Å². The van der Waals surface area contributed by atoms with Gasteiger partial charge in [-0.15, -0.1) is 0 Å². The van der Waals surface area contributed by atoms with Crippen molar-refractivity contribution in [3.8, 4) is 5.88 Å². The number of carboxylic acids is 1. The summed E-state index contributed by atoms with van der Waals surface area (Å²) in [6.45, 7) is 6.47. The first-order valence-electron chi connectivity index (χ1n) is 6.47. The zero-order chi connectivity index (χ0) is 14.0. The SMILES string of the molecule is CC(C)Oc1cc(N2CCC(C(=O)O)C2C)ncn1. The van der Waals surface area contributed by atoms with Crippen LogP contribution in [-0.2, 0) is 4.79 Å². The molecule has 0 bridgehead atoms. The molecule has 1 aliphatic rings. The highest BCUT2D eigenvalue weighted by Gasteiger charge is 2.36. The molecule has 2 rings (SSSR count). The quantitative estimate of drug-likeness (QED) is 0.890. The second-order valence-corrected chi connectivity index (χ2v) is 5.05. The van der Waals surface area contributed by atoms with Crippen molar-refractivity contribution in [2.45, 2.75) is 39.3 Å². The van der Waals surface area contributed by atoms with Crippen LogP contribution in [0.5, 0.6) is 5.88 Å². The molecule has 1 N–H and O–H groups in total. The van der Waals surface area contributed by atoms with Gasteiger partial charge in [0.25, 0.3) is 0 Å². The van der Waals surface area contributed by atoms with Crippen molar-refractivity contribution in [2.24, 2.45) is 5.92 Å². The first-order valence-corrected chi connectivity index (χ1v) is 6.47. The van der Waals surface area contributed by atoms with Gasteiger partial charge in [0.2, 0.25) is 5.88 Å². The summed E-state index contributed by atoms with van der Waals surface area (Å²) in [5, 5.41) is 9.14. The molecule has 6 nitrogen and oxygen atoms in total. The highest BCUT2D eigenvalue weighted by atomic mass is 16.5. The van der Waals surface area contributed by atoms with Crippen LogP contribution in [0.4, 0.5) is 5.82 Å². The van der Waals surface area contributed by atoms with Gasteiger partial charge >= 0.3 is 5.97 Å². The van der Waals surface area contributed by atoms with Crippen molar-refractivity contribution in [1.82, 2.24) is 9.97 Å². The Morgan fingerprint density at radius 3 is 2.84 bits per heavy atom. The van der Waals surface area contributed by atoms with Gasteiger partial charge < -0.3 is 14.7 Å². The maximum Gasteiger partial charge on any atom is 0.308 e. The van der Waals surface area contributed by atoms with Crippen molar-refractivity contribution in [3.63, 3.8) is 0 Å². The van der Waals surface area contributed by atoms with Crippen molar-refractivity contribution in [1.29, 1.82) is 0 Å². The molecule has 2 atom stereocenters. The van der Waals surface area contributed by atoms with E-state index in [1.807, 2.05) is 25.7 Å². The third-order valence-corrected chi connectivity index (χ3v) is 3.35. The number of hydrogen-bond donors (Lipinski definition) is 1. The summed E-state index contributed by atoms with van der Waals surface area (Å²) in [5.74, 6) is 0.153. The molecule has 0 radical (unpaired) electrons. The maximum atomic E-state index is 11.1. The Kier molecular flexibility index (Phi) is 3.87. The predicted molar refractivity (Wildman–Crippen MR) is 70.3 cm³/mol.